The molecule has 1 aliphatic rings. The van der Waals surface area contributed by atoms with Gasteiger partial charge in [-0.2, -0.15) is 0 Å². The highest BCUT2D eigenvalue weighted by Gasteiger charge is 2.14. The Bertz CT molecular complexity index is 507. The van der Waals surface area contributed by atoms with Gasteiger partial charge in [-0.25, -0.2) is 13.6 Å². The number of primary sulfonamides is 1. The van der Waals surface area contributed by atoms with Gasteiger partial charge in [0.1, 0.15) is 0 Å². The van der Waals surface area contributed by atoms with Crippen LogP contribution in [0.1, 0.15) is 19.8 Å². The number of nitrogens with zero attached hydrogens (tertiary/aromatic N) is 1. The Morgan fingerprint density at radius 2 is 1.84 bits per heavy atom. The van der Waals surface area contributed by atoms with Crippen LogP contribution in [-0.2, 0) is 10.0 Å². The Kier molecular flexibility index (Phi) is 4.44. The van der Waals surface area contributed by atoms with Gasteiger partial charge in [-0.3, -0.25) is 0 Å². The number of hydrogen-bond acceptors (Lipinski definition) is 4. The molecule has 0 aliphatic carbocycles. The number of benzene rings is 1. The van der Waals surface area contributed by atoms with Crippen molar-refractivity contribution in [3.05, 3.63) is 24.3 Å². The van der Waals surface area contributed by atoms with E-state index in [0.717, 1.165) is 12.2 Å². The second-order valence-electron chi connectivity index (χ2n) is 5.12. The fraction of sp³-hybridized carbons (Fsp3) is 0.538. The molecule has 1 saturated heterocycles. The van der Waals surface area contributed by atoms with E-state index in [1.54, 1.807) is 12.1 Å². The van der Waals surface area contributed by atoms with Gasteiger partial charge in [0, 0.05) is 18.3 Å². The number of anilines is 1. The van der Waals surface area contributed by atoms with Crippen molar-refractivity contribution in [3.63, 3.8) is 0 Å². The number of rotatable bonds is 5. The number of sulfonamides is 1. The van der Waals surface area contributed by atoms with Crippen LogP contribution >= 0.6 is 0 Å². The molecule has 1 unspecified atom stereocenters. The van der Waals surface area contributed by atoms with Crippen LogP contribution in [0.2, 0.25) is 0 Å². The molecule has 2 rings (SSSR count). The van der Waals surface area contributed by atoms with Crippen LogP contribution < -0.4 is 10.5 Å². The minimum Gasteiger partial charge on any atom is -0.381 e. The highest BCUT2D eigenvalue weighted by atomic mass is 32.2. The molecule has 1 aromatic rings. The van der Waals surface area contributed by atoms with E-state index in [9.17, 15) is 8.42 Å². The number of nitrogens with two attached hydrogens (primary N) is 1. The molecule has 0 bridgehead atoms. The second kappa shape index (κ2) is 5.90. The molecule has 5 nitrogen and oxygen atoms in total. The Labute approximate surface area is 114 Å². The lowest BCUT2D eigenvalue weighted by Crippen LogP contribution is -2.32. The molecule has 106 valence electrons. The van der Waals surface area contributed by atoms with Crippen LogP contribution in [0, 0.1) is 0 Å². The van der Waals surface area contributed by atoms with Crippen molar-refractivity contribution < 1.29 is 8.42 Å². The van der Waals surface area contributed by atoms with Crippen LogP contribution in [0.25, 0.3) is 0 Å². The second-order valence-corrected chi connectivity index (χ2v) is 6.68. The minimum absolute atomic E-state index is 0.144. The molecule has 1 atom stereocenters. The summed E-state index contributed by atoms with van der Waals surface area (Å²) in [4.78, 5) is 2.58. The first-order valence-corrected chi connectivity index (χ1v) is 8.11. The van der Waals surface area contributed by atoms with Gasteiger partial charge >= 0.3 is 0 Å². The Morgan fingerprint density at radius 3 is 2.37 bits per heavy atom. The molecule has 1 aromatic carbocycles. The van der Waals surface area contributed by atoms with Crippen molar-refractivity contribution in [3.8, 4) is 0 Å². The van der Waals surface area contributed by atoms with E-state index >= 15 is 0 Å². The van der Waals surface area contributed by atoms with Crippen molar-refractivity contribution in [2.24, 2.45) is 5.14 Å². The first-order chi connectivity index (χ1) is 8.95. The van der Waals surface area contributed by atoms with Gasteiger partial charge < -0.3 is 10.2 Å². The fourth-order valence-corrected chi connectivity index (χ4v) is 2.94. The first kappa shape index (κ1) is 14.3. The van der Waals surface area contributed by atoms with Gasteiger partial charge in [-0.1, -0.05) is 0 Å². The Morgan fingerprint density at radius 1 is 1.26 bits per heavy atom. The topological polar surface area (TPSA) is 75.4 Å². The van der Waals surface area contributed by atoms with Crippen LogP contribution in [-0.4, -0.2) is 39.0 Å². The molecule has 0 amide bonds. The molecular formula is C13H21N3O2S. The predicted octanol–water partition coefficient (Wildman–Crippen LogP) is 1.23. The zero-order valence-corrected chi connectivity index (χ0v) is 12.0. The fourth-order valence-electron chi connectivity index (χ4n) is 2.42. The summed E-state index contributed by atoms with van der Waals surface area (Å²) in [6.45, 7) is 5.50. The molecule has 1 heterocycles. The largest absolute Gasteiger partial charge is 0.381 e. The molecule has 6 heteroatoms. The Balaban J connectivity index is 1.91. The molecule has 1 fully saturated rings. The summed E-state index contributed by atoms with van der Waals surface area (Å²) >= 11 is 0. The zero-order chi connectivity index (χ0) is 13.9. The van der Waals surface area contributed by atoms with Crippen LogP contribution in [0.15, 0.2) is 29.2 Å². The predicted molar refractivity (Wildman–Crippen MR) is 76.6 cm³/mol. The summed E-state index contributed by atoms with van der Waals surface area (Å²) in [7, 11) is -3.60. The van der Waals surface area contributed by atoms with Crippen molar-refractivity contribution in [2.75, 3.05) is 25.0 Å². The van der Waals surface area contributed by atoms with Crippen LogP contribution in [0.5, 0.6) is 0 Å². The molecule has 1 aliphatic heterocycles. The van der Waals surface area contributed by atoms with E-state index < -0.39 is 10.0 Å². The summed E-state index contributed by atoms with van der Waals surface area (Å²) in [5.41, 5.74) is 0.916. The van der Waals surface area contributed by atoms with Gasteiger partial charge in [0.05, 0.1) is 4.90 Å². The van der Waals surface area contributed by atoms with E-state index in [2.05, 4.69) is 17.1 Å². The maximum atomic E-state index is 11.1. The summed E-state index contributed by atoms with van der Waals surface area (Å²) in [6.07, 6.45) is 2.57. The SMILES string of the molecule is CC(CN1CCCC1)Nc1ccc(S(N)(=O)=O)cc1. The summed E-state index contributed by atoms with van der Waals surface area (Å²) in [5, 5.41) is 8.43. The van der Waals surface area contributed by atoms with E-state index in [4.69, 9.17) is 5.14 Å². The van der Waals surface area contributed by atoms with E-state index in [-0.39, 0.29) is 4.90 Å². The number of nitrogens with one attached hydrogen (secondary N) is 1. The van der Waals surface area contributed by atoms with Gasteiger partial charge in [-0.05, 0) is 57.1 Å². The van der Waals surface area contributed by atoms with Crippen molar-refractivity contribution in [1.82, 2.24) is 4.90 Å². The molecule has 0 radical (unpaired) electrons. The van der Waals surface area contributed by atoms with Crippen LogP contribution in [0.3, 0.4) is 0 Å². The average Bonchev–Trinajstić information content (AvgIpc) is 2.81. The first-order valence-electron chi connectivity index (χ1n) is 6.57. The molecule has 0 spiro atoms. The third-order valence-electron chi connectivity index (χ3n) is 3.33. The molecule has 3 N–H and O–H groups in total. The van der Waals surface area contributed by atoms with Crippen LogP contribution in [0.4, 0.5) is 5.69 Å². The molecule has 19 heavy (non-hydrogen) atoms. The average molecular weight is 283 g/mol. The smallest absolute Gasteiger partial charge is 0.238 e. The van der Waals surface area contributed by atoms with Gasteiger partial charge in [0.25, 0.3) is 0 Å². The Hall–Kier alpha value is -1.11. The standard InChI is InChI=1S/C13H21N3O2S/c1-11(10-16-8-2-3-9-16)15-12-4-6-13(7-5-12)19(14,17)18/h4-7,11,15H,2-3,8-10H2,1H3,(H2,14,17,18). The molecule has 0 saturated carbocycles. The molecular weight excluding hydrogens is 262 g/mol. The van der Waals surface area contributed by atoms with Crippen molar-refractivity contribution in [1.29, 1.82) is 0 Å². The summed E-state index contributed by atoms with van der Waals surface area (Å²) < 4.78 is 22.3. The number of hydrogen-bond donors (Lipinski definition) is 2. The van der Waals surface area contributed by atoms with Gasteiger partial charge in [0.2, 0.25) is 10.0 Å². The maximum absolute atomic E-state index is 11.1. The van der Waals surface area contributed by atoms with E-state index in [1.165, 1.54) is 38.1 Å². The minimum atomic E-state index is -3.60. The quantitative estimate of drug-likeness (QED) is 0.852. The number of likely N-dealkylation sites (tertiary alicyclic amines) is 1. The maximum Gasteiger partial charge on any atom is 0.238 e. The van der Waals surface area contributed by atoms with Gasteiger partial charge in [0.15, 0.2) is 0 Å². The van der Waals surface area contributed by atoms with Gasteiger partial charge in [-0.15, -0.1) is 0 Å². The van der Waals surface area contributed by atoms with Crippen molar-refractivity contribution >= 4 is 15.7 Å². The zero-order valence-electron chi connectivity index (χ0n) is 11.2. The van der Waals surface area contributed by atoms with Crippen molar-refractivity contribution in [2.45, 2.75) is 30.7 Å². The highest BCUT2D eigenvalue weighted by molar-refractivity contribution is 7.89. The third kappa shape index (κ3) is 4.19. The van der Waals surface area contributed by atoms with E-state index in [0.29, 0.717) is 6.04 Å². The molecule has 0 aromatic heterocycles. The lowest BCUT2D eigenvalue weighted by atomic mass is 10.2. The summed E-state index contributed by atoms with van der Waals surface area (Å²) in [6, 6.07) is 6.89. The normalized spacial score (nSPS) is 18.4. The third-order valence-corrected chi connectivity index (χ3v) is 4.26. The monoisotopic (exact) mass is 283 g/mol. The summed E-state index contributed by atoms with van der Waals surface area (Å²) in [5.74, 6) is 0. The lowest BCUT2D eigenvalue weighted by Gasteiger charge is -2.22. The van der Waals surface area contributed by atoms with E-state index in [1.807, 2.05) is 0 Å². The highest BCUT2D eigenvalue weighted by Crippen LogP contribution is 2.15. The lowest BCUT2D eigenvalue weighted by molar-refractivity contribution is 0.328.